The number of nitrogens with zero attached hydrogens (tertiary/aromatic N) is 1. The van der Waals surface area contributed by atoms with Gasteiger partial charge in [0.2, 0.25) is 0 Å². The van der Waals surface area contributed by atoms with Gasteiger partial charge in [-0.2, -0.15) is 0 Å². The van der Waals surface area contributed by atoms with E-state index in [0.29, 0.717) is 17.3 Å². The van der Waals surface area contributed by atoms with Crippen molar-refractivity contribution >= 4 is 17.9 Å². The molecule has 0 N–H and O–H groups in total. The molecule has 0 bridgehead atoms. The first-order chi connectivity index (χ1) is 9.49. The topological polar surface area (TPSA) is 20.3 Å². The lowest BCUT2D eigenvalue weighted by molar-refractivity contribution is 0.0471. The van der Waals surface area contributed by atoms with E-state index in [1.165, 1.54) is 30.4 Å². The van der Waals surface area contributed by atoms with Gasteiger partial charge in [0.15, 0.2) is 0 Å². The molecule has 1 amide bonds. The summed E-state index contributed by atoms with van der Waals surface area (Å²) < 4.78 is 0. The molecule has 3 rings (SSSR count). The van der Waals surface area contributed by atoms with Crippen LogP contribution in [-0.4, -0.2) is 23.2 Å². The summed E-state index contributed by atoms with van der Waals surface area (Å²) in [7, 11) is 0. The number of carbonyl (C=O) groups excluding carboxylic acids is 1. The number of rotatable bonds is 2. The van der Waals surface area contributed by atoms with E-state index < -0.39 is 0 Å². The van der Waals surface area contributed by atoms with Crippen molar-refractivity contribution in [3.63, 3.8) is 0 Å². The molecule has 2 aliphatic rings. The van der Waals surface area contributed by atoms with E-state index in [1.807, 2.05) is 4.90 Å². The molecule has 1 aromatic carbocycles. The van der Waals surface area contributed by atoms with Crippen LogP contribution in [0, 0.1) is 5.41 Å². The van der Waals surface area contributed by atoms with E-state index in [1.54, 1.807) is 0 Å². The number of hydrogen-bond acceptors (Lipinski definition) is 1. The van der Waals surface area contributed by atoms with E-state index in [0.717, 1.165) is 13.1 Å². The molecule has 0 radical (unpaired) electrons. The third kappa shape index (κ3) is 2.48. The molecule has 1 aliphatic heterocycles. The second-order valence-corrected chi connectivity index (χ2v) is 7.29. The van der Waals surface area contributed by atoms with Gasteiger partial charge in [0.05, 0.1) is 0 Å². The first-order valence-corrected chi connectivity index (χ1v) is 8.02. The van der Waals surface area contributed by atoms with Gasteiger partial charge in [0, 0.05) is 18.5 Å². The minimum absolute atomic E-state index is 0.0686. The highest BCUT2D eigenvalue weighted by Gasteiger charge is 2.49. The Balaban J connectivity index is 1.69. The fourth-order valence-corrected chi connectivity index (χ4v) is 3.99. The lowest BCUT2D eigenvalue weighted by Gasteiger charge is -2.47. The summed E-state index contributed by atoms with van der Waals surface area (Å²) in [6.45, 7) is 6.32. The molecule has 2 fully saturated rings. The SMILES string of the molecule is CC(C)c1cccc(C2CCC3(C2)CN(C(=O)S)C3)c1. The second kappa shape index (κ2) is 5.10. The van der Waals surface area contributed by atoms with Crippen LogP contribution in [0.25, 0.3) is 0 Å². The van der Waals surface area contributed by atoms with Crippen LogP contribution in [0.2, 0.25) is 0 Å². The predicted octanol–water partition coefficient (Wildman–Crippen LogP) is 4.43. The Bertz CT molecular complexity index is 519. The molecule has 1 aliphatic carbocycles. The van der Waals surface area contributed by atoms with Crippen LogP contribution in [-0.2, 0) is 0 Å². The quantitative estimate of drug-likeness (QED) is 0.799. The number of benzene rings is 1. The monoisotopic (exact) mass is 289 g/mol. The predicted molar refractivity (Wildman–Crippen MR) is 85.5 cm³/mol. The van der Waals surface area contributed by atoms with E-state index >= 15 is 0 Å². The van der Waals surface area contributed by atoms with Crippen LogP contribution in [0.4, 0.5) is 4.79 Å². The molecule has 1 unspecified atom stereocenters. The van der Waals surface area contributed by atoms with Crippen LogP contribution >= 0.6 is 12.6 Å². The molecule has 108 valence electrons. The zero-order chi connectivity index (χ0) is 14.3. The van der Waals surface area contributed by atoms with Crippen molar-refractivity contribution in [3.05, 3.63) is 35.4 Å². The first kappa shape index (κ1) is 14.0. The zero-order valence-corrected chi connectivity index (χ0v) is 13.2. The van der Waals surface area contributed by atoms with Crippen molar-refractivity contribution in [1.29, 1.82) is 0 Å². The van der Waals surface area contributed by atoms with Gasteiger partial charge in [0.1, 0.15) is 0 Å². The number of carbonyl (C=O) groups is 1. The summed E-state index contributed by atoms with van der Waals surface area (Å²) in [4.78, 5) is 13.1. The molecular formula is C17H23NOS. The fourth-order valence-electron chi connectivity index (χ4n) is 3.85. The largest absolute Gasteiger partial charge is 0.333 e. The highest BCUT2D eigenvalue weighted by molar-refractivity contribution is 7.96. The van der Waals surface area contributed by atoms with E-state index in [-0.39, 0.29) is 5.24 Å². The Hall–Kier alpha value is -0.960. The third-order valence-electron chi connectivity index (χ3n) is 5.07. The van der Waals surface area contributed by atoms with Gasteiger partial charge in [-0.05, 0) is 42.2 Å². The fraction of sp³-hybridized carbons (Fsp3) is 0.588. The van der Waals surface area contributed by atoms with Crippen LogP contribution in [0.15, 0.2) is 24.3 Å². The second-order valence-electron chi connectivity index (χ2n) is 6.90. The maximum Gasteiger partial charge on any atom is 0.278 e. The molecule has 1 saturated carbocycles. The molecular weight excluding hydrogens is 266 g/mol. The molecule has 0 aromatic heterocycles. The van der Waals surface area contributed by atoms with E-state index in [2.05, 4.69) is 50.7 Å². The van der Waals surface area contributed by atoms with Crippen molar-refractivity contribution in [2.45, 2.75) is 44.9 Å². The van der Waals surface area contributed by atoms with Crippen LogP contribution in [0.1, 0.15) is 56.1 Å². The molecule has 2 nitrogen and oxygen atoms in total. The van der Waals surface area contributed by atoms with Gasteiger partial charge in [-0.1, -0.05) is 50.7 Å². The van der Waals surface area contributed by atoms with Crippen LogP contribution in [0.3, 0.4) is 0 Å². The van der Waals surface area contributed by atoms with Gasteiger partial charge in [-0.15, -0.1) is 0 Å². The normalized spacial score (nSPS) is 24.2. The Morgan fingerprint density at radius 3 is 2.80 bits per heavy atom. The smallest absolute Gasteiger partial charge is 0.278 e. The van der Waals surface area contributed by atoms with Crippen molar-refractivity contribution < 1.29 is 4.79 Å². The standard InChI is InChI=1S/C17H23NOS/c1-12(2)13-4-3-5-14(8-13)15-6-7-17(9-15)10-18(11-17)16(19)20/h3-5,8,12,15H,6-7,9-11H2,1-2H3,(H,19,20). The number of hydrogen-bond donors (Lipinski definition) is 1. The van der Waals surface area contributed by atoms with Crippen molar-refractivity contribution in [2.75, 3.05) is 13.1 Å². The van der Waals surface area contributed by atoms with Gasteiger partial charge in [-0.25, -0.2) is 0 Å². The maximum atomic E-state index is 11.2. The number of likely N-dealkylation sites (tertiary alicyclic amines) is 1. The van der Waals surface area contributed by atoms with E-state index in [9.17, 15) is 4.79 Å². The number of amides is 1. The molecule has 1 saturated heterocycles. The molecule has 1 aromatic rings. The maximum absolute atomic E-state index is 11.2. The lowest BCUT2D eigenvalue weighted by Crippen LogP contribution is -2.55. The Kier molecular flexibility index (Phi) is 3.57. The highest BCUT2D eigenvalue weighted by Crippen LogP contribution is 2.52. The summed E-state index contributed by atoms with van der Waals surface area (Å²) in [5.41, 5.74) is 3.31. The first-order valence-electron chi connectivity index (χ1n) is 7.57. The van der Waals surface area contributed by atoms with Crippen molar-refractivity contribution in [1.82, 2.24) is 4.90 Å². The Morgan fingerprint density at radius 2 is 2.15 bits per heavy atom. The van der Waals surface area contributed by atoms with Gasteiger partial charge < -0.3 is 4.90 Å². The van der Waals surface area contributed by atoms with Crippen molar-refractivity contribution in [3.8, 4) is 0 Å². The van der Waals surface area contributed by atoms with Gasteiger partial charge in [-0.3, -0.25) is 4.79 Å². The summed E-state index contributed by atoms with van der Waals surface area (Å²) in [6.07, 6.45) is 3.74. The van der Waals surface area contributed by atoms with Gasteiger partial charge in [0.25, 0.3) is 5.24 Å². The van der Waals surface area contributed by atoms with Crippen molar-refractivity contribution in [2.24, 2.45) is 5.41 Å². The minimum Gasteiger partial charge on any atom is -0.333 e. The molecule has 1 heterocycles. The summed E-state index contributed by atoms with van der Waals surface area (Å²) in [5.74, 6) is 1.26. The summed E-state index contributed by atoms with van der Waals surface area (Å²) in [5, 5.41) is -0.0686. The van der Waals surface area contributed by atoms with Gasteiger partial charge >= 0.3 is 0 Å². The number of thiol groups is 1. The van der Waals surface area contributed by atoms with E-state index in [4.69, 9.17) is 0 Å². The Morgan fingerprint density at radius 1 is 1.40 bits per heavy atom. The molecule has 20 heavy (non-hydrogen) atoms. The average Bonchev–Trinajstić information content (AvgIpc) is 2.82. The minimum atomic E-state index is -0.0686. The summed E-state index contributed by atoms with van der Waals surface area (Å²) in [6, 6.07) is 9.08. The third-order valence-corrected chi connectivity index (χ3v) is 5.36. The van der Waals surface area contributed by atoms with Crippen LogP contribution < -0.4 is 0 Å². The summed E-state index contributed by atoms with van der Waals surface area (Å²) >= 11 is 3.92. The molecule has 3 heteroatoms. The molecule has 1 atom stereocenters. The highest BCUT2D eigenvalue weighted by atomic mass is 32.1. The molecule has 1 spiro atoms. The zero-order valence-electron chi connectivity index (χ0n) is 12.3. The Labute approximate surface area is 127 Å². The van der Waals surface area contributed by atoms with Crippen LogP contribution in [0.5, 0.6) is 0 Å². The lowest BCUT2D eigenvalue weighted by atomic mass is 9.77. The average molecular weight is 289 g/mol.